The first-order chi connectivity index (χ1) is 8.96. The highest BCUT2D eigenvalue weighted by Crippen LogP contribution is 2.26. The van der Waals surface area contributed by atoms with E-state index in [2.05, 4.69) is 10.6 Å². The van der Waals surface area contributed by atoms with Gasteiger partial charge >= 0.3 is 6.18 Å². The Bertz CT molecular complexity index is 429. The molecule has 1 atom stereocenters. The van der Waals surface area contributed by atoms with E-state index < -0.39 is 18.6 Å². The average molecular weight is 272 g/mol. The van der Waals surface area contributed by atoms with Crippen molar-refractivity contribution in [2.24, 2.45) is 0 Å². The average Bonchev–Trinajstić information content (AvgIpc) is 2.34. The fourth-order valence-electron chi connectivity index (χ4n) is 2.45. The summed E-state index contributed by atoms with van der Waals surface area (Å²) in [5.74, 6) is 0. The number of hydrogen-bond acceptors (Lipinski definition) is 2. The third kappa shape index (κ3) is 4.13. The lowest BCUT2D eigenvalue weighted by atomic mass is 9.97. The molecular formula is C14H19F3N2. The molecule has 2 nitrogen and oxygen atoms in total. The summed E-state index contributed by atoms with van der Waals surface area (Å²) in [6.45, 7) is 3.03. The molecule has 1 aliphatic rings. The number of alkyl halides is 3. The Morgan fingerprint density at radius 1 is 1.37 bits per heavy atom. The molecule has 0 bridgehead atoms. The van der Waals surface area contributed by atoms with Crippen molar-refractivity contribution in [3.63, 3.8) is 0 Å². The van der Waals surface area contributed by atoms with Crippen LogP contribution in [0, 0.1) is 0 Å². The van der Waals surface area contributed by atoms with Crippen molar-refractivity contribution in [3.05, 3.63) is 29.3 Å². The third-order valence-electron chi connectivity index (χ3n) is 3.37. The molecule has 0 amide bonds. The van der Waals surface area contributed by atoms with Crippen LogP contribution in [0.15, 0.2) is 18.2 Å². The molecule has 0 radical (unpaired) electrons. The minimum absolute atomic E-state index is 0.488. The molecule has 0 aliphatic carbocycles. The Hall–Kier alpha value is -1.23. The van der Waals surface area contributed by atoms with Gasteiger partial charge in [0.15, 0.2) is 0 Å². The molecule has 1 unspecified atom stereocenters. The van der Waals surface area contributed by atoms with Gasteiger partial charge in [-0.15, -0.1) is 0 Å². The van der Waals surface area contributed by atoms with Gasteiger partial charge in [0, 0.05) is 24.8 Å². The summed E-state index contributed by atoms with van der Waals surface area (Å²) in [6.07, 6.45) is -2.83. The van der Waals surface area contributed by atoms with Crippen molar-refractivity contribution in [2.75, 3.05) is 11.9 Å². The molecular weight excluding hydrogens is 253 g/mol. The van der Waals surface area contributed by atoms with Crippen LogP contribution in [0.25, 0.3) is 0 Å². The van der Waals surface area contributed by atoms with E-state index in [4.69, 9.17) is 0 Å². The number of nitrogens with one attached hydrogen (secondary N) is 2. The van der Waals surface area contributed by atoms with Gasteiger partial charge in [0.05, 0.1) is 6.42 Å². The normalized spacial score (nSPS) is 16.6. The van der Waals surface area contributed by atoms with Gasteiger partial charge in [-0.3, -0.25) is 0 Å². The van der Waals surface area contributed by atoms with E-state index >= 15 is 0 Å². The predicted molar refractivity (Wildman–Crippen MR) is 70.2 cm³/mol. The Balaban J connectivity index is 1.96. The van der Waals surface area contributed by atoms with Gasteiger partial charge in [-0.1, -0.05) is 12.1 Å². The monoisotopic (exact) mass is 272 g/mol. The predicted octanol–water partition coefficient (Wildman–Crippen LogP) is 3.48. The molecule has 0 saturated carbocycles. The Morgan fingerprint density at radius 3 is 2.89 bits per heavy atom. The Labute approximate surface area is 111 Å². The molecule has 106 valence electrons. The van der Waals surface area contributed by atoms with Crippen LogP contribution < -0.4 is 10.6 Å². The molecule has 5 heteroatoms. The van der Waals surface area contributed by atoms with Crippen LogP contribution in [-0.4, -0.2) is 18.8 Å². The molecule has 0 spiro atoms. The lowest BCUT2D eigenvalue weighted by Crippen LogP contribution is -2.31. The van der Waals surface area contributed by atoms with E-state index in [-0.39, 0.29) is 0 Å². The topological polar surface area (TPSA) is 24.1 Å². The van der Waals surface area contributed by atoms with Crippen molar-refractivity contribution in [2.45, 2.75) is 44.9 Å². The summed E-state index contributed by atoms with van der Waals surface area (Å²) in [5.41, 5.74) is 3.45. The second kappa shape index (κ2) is 5.82. The van der Waals surface area contributed by atoms with Crippen LogP contribution in [-0.2, 0) is 13.0 Å². The summed E-state index contributed by atoms with van der Waals surface area (Å²) in [7, 11) is 0. The van der Waals surface area contributed by atoms with Crippen molar-refractivity contribution in [3.8, 4) is 0 Å². The van der Waals surface area contributed by atoms with Gasteiger partial charge in [-0.25, -0.2) is 0 Å². The first-order valence-electron chi connectivity index (χ1n) is 6.60. The minimum atomic E-state index is -4.11. The second-order valence-corrected chi connectivity index (χ2v) is 5.07. The van der Waals surface area contributed by atoms with E-state index in [1.54, 1.807) is 6.92 Å². The van der Waals surface area contributed by atoms with Gasteiger partial charge in [0.2, 0.25) is 0 Å². The standard InChI is InChI=1S/C14H19F3N2/c1-10(8-14(15,16)17)19-9-11-4-2-6-13-12(11)5-3-7-18-13/h2,4,6,10,18-19H,3,5,7-9H2,1H3. The van der Waals surface area contributed by atoms with Crippen LogP contribution in [0.1, 0.15) is 30.9 Å². The number of anilines is 1. The lowest BCUT2D eigenvalue weighted by Gasteiger charge is -2.22. The van der Waals surface area contributed by atoms with Gasteiger partial charge in [-0.2, -0.15) is 13.2 Å². The Morgan fingerprint density at radius 2 is 2.16 bits per heavy atom. The molecule has 1 aromatic carbocycles. The molecule has 0 fully saturated rings. The first-order valence-corrected chi connectivity index (χ1v) is 6.60. The molecule has 1 heterocycles. The highest BCUT2D eigenvalue weighted by Gasteiger charge is 2.29. The number of rotatable bonds is 4. The zero-order chi connectivity index (χ0) is 13.9. The number of halogens is 3. The molecule has 0 aromatic heterocycles. The zero-order valence-corrected chi connectivity index (χ0v) is 11.0. The number of fused-ring (bicyclic) bond motifs is 1. The quantitative estimate of drug-likeness (QED) is 0.877. The zero-order valence-electron chi connectivity index (χ0n) is 11.0. The largest absolute Gasteiger partial charge is 0.390 e. The fourth-order valence-corrected chi connectivity index (χ4v) is 2.45. The summed E-state index contributed by atoms with van der Waals surface area (Å²) in [6, 6.07) is 5.39. The molecule has 1 aromatic rings. The summed E-state index contributed by atoms with van der Waals surface area (Å²) < 4.78 is 36.8. The molecule has 2 N–H and O–H groups in total. The third-order valence-corrected chi connectivity index (χ3v) is 3.37. The van der Waals surface area contributed by atoms with E-state index in [9.17, 15) is 13.2 Å². The van der Waals surface area contributed by atoms with Crippen LogP contribution in [0.2, 0.25) is 0 Å². The highest BCUT2D eigenvalue weighted by atomic mass is 19.4. The van der Waals surface area contributed by atoms with Crippen molar-refractivity contribution in [1.82, 2.24) is 5.32 Å². The number of hydrogen-bond donors (Lipinski definition) is 2. The van der Waals surface area contributed by atoms with Gasteiger partial charge in [0.25, 0.3) is 0 Å². The van der Waals surface area contributed by atoms with Crippen LogP contribution in [0.5, 0.6) is 0 Å². The van der Waals surface area contributed by atoms with Crippen molar-refractivity contribution < 1.29 is 13.2 Å². The smallest absolute Gasteiger partial charge is 0.385 e. The van der Waals surface area contributed by atoms with Gasteiger partial charge in [0.1, 0.15) is 0 Å². The summed E-state index contributed by atoms with van der Waals surface area (Å²) >= 11 is 0. The first kappa shape index (κ1) is 14.2. The van der Waals surface area contributed by atoms with E-state index in [0.29, 0.717) is 6.54 Å². The highest BCUT2D eigenvalue weighted by molar-refractivity contribution is 5.56. The van der Waals surface area contributed by atoms with Crippen LogP contribution >= 0.6 is 0 Å². The maximum absolute atomic E-state index is 12.3. The van der Waals surface area contributed by atoms with Crippen LogP contribution in [0.3, 0.4) is 0 Å². The molecule has 1 aliphatic heterocycles. The summed E-state index contributed by atoms with van der Waals surface area (Å²) in [5, 5.41) is 6.28. The van der Waals surface area contributed by atoms with Crippen molar-refractivity contribution >= 4 is 5.69 Å². The maximum Gasteiger partial charge on any atom is 0.390 e. The maximum atomic E-state index is 12.3. The van der Waals surface area contributed by atoms with E-state index in [1.807, 2.05) is 18.2 Å². The summed E-state index contributed by atoms with van der Waals surface area (Å²) in [4.78, 5) is 0. The SMILES string of the molecule is CC(CC(F)(F)F)NCc1cccc2c1CCCN2. The van der Waals surface area contributed by atoms with Crippen molar-refractivity contribution in [1.29, 1.82) is 0 Å². The van der Waals surface area contributed by atoms with E-state index in [0.717, 1.165) is 30.6 Å². The number of benzene rings is 1. The molecule has 2 rings (SSSR count). The van der Waals surface area contributed by atoms with E-state index in [1.165, 1.54) is 5.56 Å². The van der Waals surface area contributed by atoms with Gasteiger partial charge in [-0.05, 0) is 37.0 Å². The Kier molecular flexibility index (Phi) is 4.34. The fraction of sp³-hybridized carbons (Fsp3) is 0.571. The molecule has 0 saturated heterocycles. The van der Waals surface area contributed by atoms with Gasteiger partial charge < -0.3 is 10.6 Å². The minimum Gasteiger partial charge on any atom is -0.385 e. The lowest BCUT2D eigenvalue weighted by molar-refractivity contribution is -0.139. The molecule has 19 heavy (non-hydrogen) atoms. The second-order valence-electron chi connectivity index (χ2n) is 5.07. The van der Waals surface area contributed by atoms with Crippen LogP contribution in [0.4, 0.5) is 18.9 Å².